The molecule has 1 aromatic rings. The normalized spacial score (nSPS) is 19.7. The molecule has 2 atom stereocenters. The molecule has 7 heteroatoms. The lowest BCUT2D eigenvalue weighted by molar-refractivity contribution is -0.128. The summed E-state index contributed by atoms with van der Waals surface area (Å²) < 4.78 is 13.8. The molecule has 1 aromatic carbocycles. The molecule has 3 N–H and O–H groups in total. The highest BCUT2D eigenvalue weighted by atomic mass is 35.5. The number of hydrogen-bond acceptors (Lipinski definition) is 3. The smallest absolute Gasteiger partial charge is 0.249 e. The van der Waals surface area contributed by atoms with E-state index in [-0.39, 0.29) is 29.9 Å². The number of amides is 2. The van der Waals surface area contributed by atoms with Crippen LogP contribution in [0.3, 0.4) is 0 Å². The van der Waals surface area contributed by atoms with Crippen molar-refractivity contribution in [3.8, 4) is 0 Å². The Kier molecular flexibility index (Phi) is 6.11. The molecule has 2 rings (SSSR count). The summed E-state index contributed by atoms with van der Waals surface area (Å²) in [7, 11) is 0. The van der Waals surface area contributed by atoms with E-state index in [1.807, 2.05) is 0 Å². The Labute approximate surface area is 129 Å². The van der Waals surface area contributed by atoms with Gasteiger partial charge in [-0.15, -0.1) is 12.4 Å². The van der Waals surface area contributed by atoms with E-state index >= 15 is 0 Å². The molecule has 1 aliphatic rings. The summed E-state index contributed by atoms with van der Waals surface area (Å²) in [5, 5.41) is 2.61. The van der Waals surface area contributed by atoms with Gasteiger partial charge in [-0.3, -0.25) is 9.59 Å². The van der Waals surface area contributed by atoms with Gasteiger partial charge < -0.3 is 16.0 Å². The molecule has 0 aromatic heterocycles. The summed E-state index contributed by atoms with van der Waals surface area (Å²) in [6, 6.07) is 4.81. The van der Waals surface area contributed by atoms with Crippen molar-refractivity contribution in [1.29, 1.82) is 0 Å². The van der Waals surface area contributed by atoms with Crippen LogP contribution in [0.4, 0.5) is 10.1 Å². The van der Waals surface area contributed by atoms with Crippen LogP contribution in [0.2, 0.25) is 0 Å². The van der Waals surface area contributed by atoms with Crippen molar-refractivity contribution in [2.24, 2.45) is 5.73 Å². The molecule has 0 bridgehead atoms. The summed E-state index contributed by atoms with van der Waals surface area (Å²) in [6.07, 6.45) is 1.24. The van der Waals surface area contributed by atoms with Crippen LogP contribution in [0.15, 0.2) is 24.3 Å². The zero-order chi connectivity index (χ0) is 14.7. The molecule has 0 radical (unpaired) electrons. The van der Waals surface area contributed by atoms with E-state index in [0.717, 1.165) is 0 Å². The molecule has 1 fully saturated rings. The number of anilines is 1. The molecular formula is C14H19ClFN3O2. The Balaban J connectivity index is 0.00000220. The first-order valence-electron chi connectivity index (χ1n) is 6.62. The van der Waals surface area contributed by atoms with Crippen LogP contribution in [0.25, 0.3) is 0 Å². The fraction of sp³-hybridized carbons (Fsp3) is 0.429. The van der Waals surface area contributed by atoms with E-state index < -0.39 is 17.9 Å². The molecule has 1 heterocycles. The van der Waals surface area contributed by atoms with E-state index in [1.54, 1.807) is 25.1 Å². The third kappa shape index (κ3) is 3.92. The lowest BCUT2D eigenvalue weighted by Gasteiger charge is -2.33. The van der Waals surface area contributed by atoms with Crippen LogP contribution >= 0.6 is 12.4 Å². The highest BCUT2D eigenvalue weighted by molar-refractivity contribution is 6.00. The first-order valence-corrected chi connectivity index (χ1v) is 6.62. The Hall–Kier alpha value is -1.66. The number of halogens is 2. The van der Waals surface area contributed by atoms with Crippen LogP contribution < -0.4 is 16.0 Å². The number of nitrogens with zero attached hydrogens (tertiary/aromatic N) is 1. The number of nitrogens with one attached hydrogen (secondary N) is 1. The zero-order valence-corrected chi connectivity index (χ0v) is 12.5. The van der Waals surface area contributed by atoms with Crippen molar-refractivity contribution in [1.82, 2.24) is 5.32 Å². The molecule has 0 spiro atoms. The van der Waals surface area contributed by atoms with Crippen LogP contribution in [0.1, 0.15) is 19.8 Å². The van der Waals surface area contributed by atoms with Gasteiger partial charge in [0.05, 0.1) is 11.7 Å². The standard InChI is InChI=1S/C14H18FN3O2.ClH/c1-9(16)13(19)17-11-6-4-8-18(14(11)20)12-7-3-2-5-10(12)15;/h2-3,5,7,9,11H,4,6,8,16H2,1H3,(H,17,19);1H/t9-,11?;/m1./s1. The lowest BCUT2D eigenvalue weighted by atomic mass is 10.0. The van der Waals surface area contributed by atoms with Crippen molar-refractivity contribution in [2.45, 2.75) is 31.8 Å². The molecule has 5 nitrogen and oxygen atoms in total. The minimum Gasteiger partial charge on any atom is -0.343 e. The van der Waals surface area contributed by atoms with Crippen LogP contribution in [0.5, 0.6) is 0 Å². The van der Waals surface area contributed by atoms with E-state index in [0.29, 0.717) is 19.4 Å². The second kappa shape index (κ2) is 7.38. The number of nitrogens with two attached hydrogens (primary N) is 1. The third-order valence-corrected chi connectivity index (χ3v) is 3.31. The molecule has 1 saturated heterocycles. The van der Waals surface area contributed by atoms with Crippen LogP contribution in [-0.4, -0.2) is 30.4 Å². The van der Waals surface area contributed by atoms with Gasteiger partial charge in [-0.1, -0.05) is 12.1 Å². The number of benzene rings is 1. The average molecular weight is 316 g/mol. The molecule has 21 heavy (non-hydrogen) atoms. The number of rotatable bonds is 3. The van der Waals surface area contributed by atoms with Crippen molar-refractivity contribution in [3.05, 3.63) is 30.1 Å². The minimum absolute atomic E-state index is 0. The number of carbonyl (C=O) groups is 2. The molecule has 2 amide bonds. The first-order chi connectivity index (χ1) is 9.50. The predicted octanol–water partition coefficient (Wildman–Crippen LogP) is 1.21. The maximum absolute atomic E-state index is 13.8. The Morgan fingerprint density at radius 3 is 2.76 bits per heavy atom. The summed E-state index contributed by atoms with van der Waals surface area (Å²) in [5.41, 5.74) is 5.72. The fourth-order valence-electron chi connectivity index (χ4n) is 2.22. The largest absolute Gasteiger partial charge is 0.343 e. The maximum atomic E-state index is 13.8. The molecule has 0 aliphatic carbocycles. The highest BCUT2D eigenvalue weighted by Crippen LogP contribution is 2.23. The van der Waals surface area contributed by atoms with Gasteiger partial charge >= 0.3 is 0 Å². The number of piperidine rings is 1. The number of para-hydroxylation sites is 1. The summed E-state index contributed by atoms with van der Waals surface area (Å²) in [6.45, 7) is 2.00. The minimum atomic E-state index is -0.674. The molecule has 116 valence electrons. The highest BCUT2D eigenvalue weighted by Gasteiger charge is 2.32. The number of hydrogen-bond donors (Lipinski definition) is 2. The zero-order valence-electron chi connectivity index (χ0n) is 11.7. The second-order valence-corrected chi connectivity index (χ2v) is 4.93. The third-order valence-electron chi connectivity index (χ3n) is 3.31. The summed E-state index contributed by atoms with van der Waals surface area (Å²) in [4.78, 5) is 25.3. The molecular weight excluding hydrogens is 297 g/mol. The van der Waals surface area contributed by atoms with Gasteiger partial charge in [0, 0.05) is 6.54 Å². The summed E-state index contributed by atoms with van der Waals surface area (Å²) in [5.74, 6) is -1.12. The average Bonchev–Trinajstić information content (AvgIpc) is 2.42. The van der Waals surface area contributed by atoms with Gasteiger partial charge in [0.15, 0.2) is 0 Å². The first kappa shape index (κ1) is 17.4. The van der Waals surface area contributed by atoms with Crippen molar-refractivity contribution >= 4 is 29.9 Å². The fourth-order valence-corrected chi connectivity index (χ4v) is 2.22. The number of carbonyl (C=O) groups excluding carboxylic acids is 2. The predicted molar refractivity (Wildman–Crippen MR) is 80.8 cm³/mol. The van der Waals surface area contributed by atoms with Gasteiger partial charge in [0.25, 0.3) is 0 Å². The van der Waals surface area contributed by atoms with Crippen LogP contribution in [-0.2, 0) is 9.59 Å². The quantitative estimate of drug-likeness (QED) is 0.880. The van der Waals surface area contributed by atoms with Gasteiger partial charge in [-0.2, -0.15) is 0 Å². The van der Waals surface area contributed by atoms with Crippen LogP contribution in [0, 0.1) is 5.82 Å². The molecule has 0 saturated carbocycles. The molecule has 1 unspecified atom stereocenters. The van der Waals surface area contributed by atoms with E-state index in [4.69, 9.17) is 5.73 Å². The maximum Gasteiger partial charge on any atom is 0.249 e. The van der Waals surface area contributed by atoms with Gasteiger partial charge in [0.2, 0.25) is 11.8 Å². The van der Waals surface area contributed by atoms with Gasteiger partial charge in [-0.25, -0.2) is 4.39 Å². The lowest BCUT2D eigenvalue weighted by Crippen LogP contribution is -2.55. The van der Waals surface area contributed by atoms with E-state index in [9.17, 15) is 14.0 Å². The van der Waals surface area contributed by atoms with Crippen molar-refractivity contribution in [2.75, 3.05) is 11.4 Å². The topological polar surface area (TPSA) is 75.4 Å². The second-order valence-electron chi connectivity index (χ2n) is 4.93. The van der Waals surface area contributed by atoms with Crippen molar-refractivity contribution < 1.29 is 14.0 Å². The van der Waals surface area contributed by atoms with Crippen molar-refractivity contribution in [3.63, 3.8) is 0 Å². The SMILES string of the molecule is C[C@@H](N)C(=O)NC1CCCN(c2ccccc2F)C1=O.Cl. The van der Waals surface area contributed by atoms with E-state index in [2.05, 4.69) is 5.32 Å². The monoisotopic (exact) mass is 315 g/mol. The Bertz CT molecular complexity index is 525. The van der Waals surface area contributed by atoms with E-state index in [1.165, 1.54) is 11.0 Å². The van der Waals surface area contributed by atoms with Gasteiger partial charge in [0.1, 0.15) is 11.9 Å². The molecule has 1 aliphatic heterocycles. The Morgan fingerprint density at radius 2 is 2.14 bits per heavy atom. The van der Waals surface area contributed by atoms with Gasteiger partial charge in [-0.05, 0) is 31.9 Å². The Morgan fingerprint density at radius 1 is 1.48 bits per heavy atom. The summed E-state index contributed by atoms with van der Waals surface area (Å²) >= 11 is 0.